The van der Waals surface area contributed by atoms with Gasteiger partial charge in [0, 0.05) is 24.5 Å². The maximum absolute atomic E-state index is 13.3. The molecule has 1 fully saturated rings. The van der Waals surface area contributed by atoms with E-state index in [-0.39, 0.29) is 29.4 Å². The van der Waals surface area contributed by atoms with E-state index in [1.54, 1.807) is 0 Å². The number of rotatable bonds is 2. The SMILES string of the molecule is C[C@@H]1CN(C(=O)c2cc(=O)[nH]c3cc(F)ccc23)C[C@H]1C(N)=O. The molecule has 6 nitrogen and oxygen atoms in total. The second kappa shape index (κ2) is 5.49. The zero-order chi connectivity index (χ0) is 16.7. The molecule has 1 aromatic carbocycles. The van der Waals surface area contributed by atoms with Crippen molar-refractivity contribution in [1.29, 1.82) is 0 Å². The van der Waals surface area contributed by atoms with Crippen molar-refractivity contribution >= 4 is 22.7 Å². The molecule has 0 radical (unpaired) electrons. The van der Waals surface area contributed by atoms with Gasteiger partial charge in [-0.1, -0.05) is 6.92 Å². The van der Waals surface area contributed by atoms with Crippen molar-refractivity contribution in [2.75, 3.05) is 13.1 Å². The summed E-state index contributed by atoms with van der Waals surface area (Å²) in [6.07, 6.45) is 0. The fourth-order valence-corrected chi connectivity index (χ4v) is 3.08. The molecule has 0 saturated carbocycles. The normalized spacial score (nSPS) is 20.9. The molecule has 2 aromatic rings. The first-order chi connectivity index (χ1) is 10.9. The van der Waals surface area contributed by atoms with Gasteiger partial charge in [-0.25, -0.2) is 4.39 Å². The van der Waals surface area contributed by atoms with E-state index in [2.05, 4.69) is 4.98 Å². The van der Waals surface area contributed by atoms with Crippen molar-refractivity contribution in [2.45, 2.75) is 6.92 Å². The predicted octanol–water partition coefficient (Wildman–Crippen LogP) is 0.861. The van der Waals surface area contributed by atoms with E-state index in [9.17, 15) is 18.8 Å². The van der Waals surface area contributed by atoms with E-state index in [0.717, 1.165) is 0 Å². The molecule has 120 valence electrons. The summed E-state index contributed by atoms with van der Waals surface area (Å²) in [5.74, 6) is -1.73. The molecule has 3 N–H and O–H groups in total. The monoisotopic (exact) mass is 317 g/mol. The van der Waals surface area contributed by atoms with Gasteiger partial charge in [0.15, 0.2) is 0 Å². The molecule has 3 rings (SSSR count). The summed E-state index contributed by atoms with van der Waals surface area (Å²) in [5, 5.41) is 0.464. The molecule has 0 unspecified atom stereocenters. The number of nitrogens with two attached hydrogens (primary N) is 1. The molecule has 23 heavy (non-hydrogen) atoms. The van der Waals surface area contributed by atoms with Gasteiger partial charge in [0.05, 0.1) is 17.0 Å². The molecule has 2 atom stereocenters. The first-order valence-electron chi connectivity index (χ1n) is 7.28. The number of H-pyrrole nitrogens is 1. The maximum atomic E-state index is 13.3. The highest BCUT2D eigenvalue weighted by atomic mass is 19.1. The zero-order valence-electron chi connectivity index (χ0n) is 12.5. The summed E-state index contributed by atoms with van der Waals surface area (Å²) in [6, 6.07) is 5.06. The number of likely N-dealkylation sites (tertiary alicyclic amines) is 1. The Morgan fingerprint density at radius 1 is 1.30 bits per heavy atom. The van der Waals surface area contributed by atoms with E-state index < -0.39 is 23.2 Å². The van der Waals surface area contributed by atoms with Crippen LogP contribution in [0.15, 0.2) is 29.1 Å². The average molecular weight is 317 g/mol. The molecule has 2 heterocycles. The third-order valence-electron chi connectivity index (χ3n) is 4.30. The number of pyridine rings is 1. The number of hydrogen-bond donors (Lipinski definition) is 2. The second-order valence-corrected chi connectivity index (χ2v) is 5.93. The summed E-state index contributed by atoms with van der Waals surface area (Å²) in [4.78, 5) is 39.9. The van der Waals surface area contributed by atoms with E-state index in [1.807, 2.05) is 6.92 Å². The number of carbonyl (C=O) groups excluding carboxylic acids is 2. The number of nitrogens with one attached hydrogen (secondary N) is 1. The molecular formula is C16H16FN3O3. The lowest BCUT2D eigenvalue weighted by Gasteiger charge is -2.17. The number of nitrogens with zero attached hydrogens (tertiary/aromatic N) is 1. The second-order valence-electron chi connectivity index (χ2n) is 5.93. The Kier molecular flexibility index (Phi) is 3.63. The molecule has 0 spiro atoms. The molecule has 1 aliphatic rings. The predicted molar refractivity (Wildman–Crippen MR) is 82.3 cm³/mol. The number of primary amides is 1. The standard InChI is InChI=1S/C16H16FN3O3/c1-8-6-20(7-12(8)15(18)22)16(23)11-5-14(21)19-13-4-9(17)2-3-10(11)13/h2-5,8,12H,6-7H2,1H3,(H2,18,22)(H,19,21)/t8-,12-/m1/s1. The van der Waals surface area contributed by atoms with Gasteiger partial charge in [-0.15, -0.1) is 0 Å². The van der Waals surface area contributed by atoms with Gasteiger partial charge in [-0.05, 0) is 24.1 Å². The van der Waals surface area contributed by atoms with Crippen LogP contribution >= 0.6 is 0 Å². The Hall–Kier alpha value is -2.70. The molecule has 1 aliphatic heterocycles. The van der Waals surface area contributed by atoms with Crippen molar-refractivity contribution in [1.82, 2.24) is 9.88 Å². The molecule has 2 amide bonds. The van der Waals surface area contributed by atoms with Crippen LogP contribution in [0, 0.1) is 17.7 Å². The first kappa shape index (κ1) is 15.2. The summed E-state index contributed by atoms with van der Waals surface area (Å²) in [5.41, 5.74) is 5.32. The lowest BCUT2D eigenvalue weighted by Crippen LogP contribution is -2.32. The zero-order valence-corrected chi connectivity index (χ0v) is 12.5. The molecule has 0 aliphatic carbocycles. The van der Waals surface area contributed by atoms with Gasteiger partial charge in [0.2, 0.25) is 11.5 Å². The van der Waals surface area contributed by atoms with Crippen LogP contribution in [0.3, 0.4) is 0 Å². The lowest BCUT2D eigenvalue weighted by molar-refractivity contribution is -0.122. The minimum Gasteiger partial charge on any atom is -0.369 e. The summed E-state index contributed by atoms with van der Waals surface area (Å²) < 4.78 is 13.3. The van der Waals surface area contributed by atoms with Crippen LogP contribution in [-0.4, -0.2) is 34.8 Å². The van der Waals surface area contributed by atoms with Gasteiger partial charge in [0.1, 0.15) is 5.82 Å². The number of hydrogen-bond acceptors (Lipinski definition) is 3. The smallest absolute Gasteiger partial charge is 0.254 e. The van der Waals surface area contributed by atoms with E-state index in [1.165, 1.54) is 29.2 Å². The number of fused-ring (bicyclic) bond motifs is 1. The van der Waals surface area contributed by atoms with Gasteiger partial charge < -0.3 is 15.6 Å². The number of halogens is 1. The van der Waals surface area contributed by atoms with Crippen LogP contribution in [0.4, 0.5) is 4.39 Å². The number of carbonyl (C=O) groups is 2. The number of benzene rings is 1. The fraction of sp³-hybridized carbons (Fsp3) is 0.312. The highest BCUT2D eigenvalue weighted by Gasteiger charge is 2.36. The van der Waals surface area contributed by atoms with Gasteiger partial charge in [-0.3, -0.25) is 14.4 Å². The van der Waals surface area contributed by atoms with E-state index in [0.29, 0.717) is 11.9 Å². The molecule has 1 aromatic heterocycles. The number of aromatic nitrogens is 1. The highest BCUT2D eigenvalue weighted by molar-refractivity contribution is 6.06. The third kappa shape index (κ3) is 2.69. The summed E-state index contributed by atoms with van der Waals surface area (Å²) in [6.45, 7) is 2.47. The van der Waals surface area contributed by atoms with Crippen LogP contribution < -0.4 is 11.3 Å². The number of aromatic amines is 1. The van der Waals surface area contributed by atoms with Crippen LogP contribution in [0.2, 0.25) is 0 Å². The van der Waals surface area contributed by atoms with E-state index in [4.69, 9.17) is 5.73 Å². The van der Waals surface area contributed by atoms with Gasteiger partial charge in [-0.2, -0.15) is 0 Å². The maximum Gasteiger partial charge on any atom is 0.254 e. The van der Waals surface area contributed by atoms with Gasteiger partial charge in [0.25, 0.3) is 5.91 Å². The van der Waals surface area contributed by atoms with Crippen LogP contribution in [0.1, 0.15) is 17.3 Å². The van der Waals surface area contributed by atoms with Crippen molar-refractivity contribution in [2.24, 2.45) is 17.6 Å². The summed E-state index contributed by atoms with van der Waals surface area (Å²) >= 11 is 0. The molecule has 1 saturated heterocycles. The van der Waals surface area contributed by atoms with Crippen LogP contribution in [0.25, 0.3) is 10.9 Å². The van der Waals surface area contributed by atoms with Crippen molar-refractivity contribution in [3.05, 3.63) is 46.0 Å². The van der Waals surface area contributed by atoms with Crippen LogP contribution in [-0.2, 0) is 4.79 Å². The average Bonchev–Trinajstić information content (AvgIpc) is 2.87. The first-order valence-corrected chi connectivity index (χ1v) is 7.28. The Morgan fingerprint density at radius 3 is 2.70 bits per heavy atom. The van der Waals surface area contributed by atoms with Gasteiger partial charge >= 0.3 is 0 Å². The minimum atomic E-state index is -0.499. The summed E-state index contributed by atoms with van der Waals surface area (Å²) in [7, 11) is 0. The largest absolute Gasteiger partial charge is 0.369 e. The lowest BCUT2D eigenvalue weighted by atomic mass is 9.98. The topological polar surface area (TPSA) is 96.3 Å². The number of amides is 2. The van der Waals surface area contributed by atoms with Crippen molar-refractivity contribution in [3.8, 4) is 0 Å². The molecule has 0 bridgehead atoms. The molecular weight excluding hydrogens is 301 g/mol. The third-order valence-corrected chi connectivity index (χ3v) is 4.30. The Labute approximate surface area is 131 Å². The minimum absolute atomic E-state index is 0.0397. The quantitative estimate of drug-likeness (QED) is 0.860. The highest BCUT2D eigenvalue weighted by Crippen LogP contribution is 2.26. The van der Waals surface area contributed by atoms with Crippen molar-refractivity contribution in [3.63, 3.8) is 0 Å². The van der Waals surface area contributed by atoms with Crippen LogP contribution in [0.5, 0.6) is 0 Å². The molecule has 7 heteroatoms. The Balaban J connectivity index is 2.02. The van der Waals surface area contributed by atoms with E-state index >= 15 is 0 Å². The Bertz CT molecular complexity index is 861. The fourth-order valence-electron chi connectivity index (χ4n) is 3.08. The Morgan fingerprint density at radius 2 is 2.04 bits per heavy atom. The van der Waals surface area contributed by atoms with Crippen molar-refractivity contribution < 1.29 is 14.0 Å².